The molecule has 0 saturated heterocycles. The SMILES string of the molecule is CCCc1ccc(CNC(=O)c2ccc3ncccc3n2)cc1. The predicted molar refractivity (Wildman–Crippen MR) is 91.1 cm³/mol. The Kier molecular flexibility index (Phi) is 4.62. The molecular weight excluding hydrogens is 286 g/mol. The van der Waals surface area contributed by atoms with E-state index in [0.29, 0.717) is 12.2 Å². The third-order valence-electron chi connectivity index (χ3n) is 3.70. The number of rotatable bonds is 5. The van der Waals surface area contributed by atoms with Gasteiger partial charge in [0.2, 0.25) is 0 Å². The molecule has 2 heterocycles. The Labute approximate surface area is 135 Å². The van der Waals surface area contributed by atoms with Crippen LogP contribution in [0.25, 0.3) is 11.0 Å². The Morgan fingerprint density at radius 2 is 1.78 bits per heavy atom. The average Bonchev–Trinajstić information content (AvgIpc) is 2.60. The van der Waals surface area contributed by atoms with Gasteiger partial charge in [-0.1, -0.05) is 37.6 Å². The summed E-state index contributed by atoms with van der Waals surface area (Å²) in [6.45, 7) is 2.66. The topological polar surface area (TPSA) is 54.9 Å². The first kappa shape index (κ1) is 15.2. The van der Waals surface area contributed by atoms with Crippen LogP contribution in [0.5, 0.6) is 0 Å². The molecule has 4 heteroatoms. The number of aromatic nitrogens is 2. The van der Waals surface area contributed by atoms with E-state index in [1.165, 1.54) is 5.56 Å². The second kappa shape index (κ2) is 7.01. The number of benzene rings is 1. The van der Waals surface area contributed by atoms with Crippen molar-refractivity contribution in [2.75, 3.05) is 0 Å². The van der Waals surface area contributed by atoms with Crippen LogP contribution in [0.15, 0.2) is 54.7 Å². The van der Waals surface area contributed by atoms with E-state index in [9.17, 15) is 4.79 Å². The van der Waals surface area contributed by atoms with E-state index < -0.39 is 0 Å². The third kappa shape index (κ3) is 3.72. The van der Waals surface area contributed by atoms with Crippen molar-refractivity contribution in [1.29, 1.82) is 0 Å². The zero-order chi connectivity index (χ0) is 16.1. The van der Waals surface area contributed by atoms with Crippen LogP contribution in [0, 0.1) is 0 Å². The number of hydrogen-bond acceptors (Lipinski definition) is 3. The van der Waals surface area contributed by atoms with Gasteiger partial charge in [-0.05, 0) is 41.8 Å². The molecule has 0 bridgehead atoms. The summed E-state index contributed by atoms with van der Waals surface area (Å²) >= 11 is 0. The summed E-state index contributed by atoms with van der Waals surface area (Å²) in [6.07, 6.45) is 3.94. The number of hydrogen-bond donors (Lipinski definition) is 1. The molecule has 3 rings (SSSR count). The summed E-state index contributed by atoms with van der Waals surface area (Å²) in [5.41, 5.74) is 4.33. The first-order valence-corrected chi connectivity index (χ1v) is 7.84. The third-order valence-corrected chi connectivity index (χ3v) is 3.70. The van der Waals surface area contributed by atoms with Gasteiger partial charge >= 0.3 is 0 Å². The van der Waals surface area contributed by atoms with Crippen molar-refractivity contribution in [2.24, 2.45) is 0 Å². The first-order chi connectivity index (χ1) is 11.3. The molecule has 116 valence electrons. The van der Waals surface area contributed by atoms with Gasteiger partial charge in [-0.15, -0.1) is 0 Å². The Bertz CT molecular complexity index is 812. The molecule has 4 nitrogen and oxygen atoms in total. The van der Waals surface area contributed by atoms with Gasteiger partial charge in [0, 0.05) is 12.7 Å². The summed E-state index contributed by atoms with van der Waals surface area (Å²) in [5, 5.41) is 2.91. The van der Waals surface area contributed by atoms with Crippen LogP contribution in [0.1, 0.15) is 35.0 Å². The molecule has 0 aliphatic rings. The molecule has 0 spiro atoms. The Balaban J connectivity index is 1.65. The fourth-order valence-corrected chi connectivity index (χ4v) is 2.47. The van der Waals surface area contributed by atoms with Crippen LogP contribution in [-0.4, -0.2) is 15.9 Å². The average molecular weight is 305 g/mol. The number of pyridine rings is 2. The molecule has 0 unspecified atom stereocenters. The molecule has 3 aromatic rings. The molecule has 0 radical (unpaired) electrons. The predicted octanol–water partition coefficient (Wildman–Crippen LogP) is 3.51. The van der Waals surface area contributed by atoms with Gasteiger partial charge in [-0.3, -0.25) is 9.78 Å². The highest BCUT2D eigenvalue weighted by atomic mass is 16.1. The highest BCUT2D eigenvalue weighted by Gasteiger charge is 2.08. The van der Waals surface area contributed by atoms with Gasteiger partial charge in [0.1, 0.15) is 5.69 Å². The van der Waals surface area contributed by atoms with E-state index >= 15 is 0 Å². The minimum Gasteiger partial charge on any atom is -0.347 e. The molecule has 23 heavy (non-hydrogen) atoms. The maximum Gasteiger partial charge on any atom is 0.270 e. The summed E-state index contributed by atoms with van der Waals surface area (Å²) in [4.78, 5) is 20.8. The van der Waals surface area contributed by atoms with E-state index in [1.54, 1.807) is 12.3 Å². The van der Waals surface area contributed by atoms with Crippen molar-refractivity contribution in [1.82, 2.24) is 15.3 Å². The van der Waals surface area contributed by atoms with Crippen LogP contribution >= 0.6 is 0 Å². The molecule has 1 amide bonds. The second-order valence-electron chi connectivity index (χ2n) is 5.49. The van der Waals surface area contributed by atoms with Gasteiger partial charge in [0.15, 0.2) is 0 Å². The molecule has 0 aliphatic carbocycles. The van der Waals surface area contributed by atoms with Crippen molar-refractivity contribution < 1.29 is 4.79 Å². The molecule has 0 atom stereocenters. The summed E-state index contributed by atoms with van der Waals surface area (Å²) in [6, 6.07) is 15.5. The van der Waals surface area contributed by atoms with Crippen molar-refractivity contribution in [3.63, 3.8) is 0 Å². The summed E-state index contributed by atoms with van der Waals surface area (Å²) in [7, 11) is 0. The number of nitrogens with one attached hydrogen (secondary N) is 1. The lowest BCUT2D eigenvalue weighted by Crippen LogP contribution is -2.23. The van der Waals surface area contributed by atoms with Gasteiger partial charge in [-0.2, -0.15) is 0 Å². The van der Waals surface area contributed by atoms with Crippen LogP contribution in [0.3, 0.4) is 0 Å². The second-order valence-corrected chi connectivity index (χ2v) is 5.49. The Morgan fingerprint density at radius 1 is 1.00 bits per heavy atom. The Morgan fingerprint density at radius 3 is 2.57 bits per heavy atom. The molecular formula is C19H19N3O. The largest absolute Gasteiger partial charge is 0.347 e. The lowest BCUT2D eigenvalue weighted by Gasteiger charge is -2.06. The zero-order valence-corrected chi connectivity index (χ0v) is 13.1. The lowest BCUT2D eigenvalue weighted by molar-refractivity contribution is 0.0946. The number of fused-ring (bicyclic) bond motifs is 1. The molecule has 0 fully saturated rings. The zero-order valence-electron chi connectivity index (χ0n) is 13.1. The van der Waals surface area contributed by atoms with Crippen LogP contribution in [-0.2, 0) is 13.0 Å². The normalized spacial score (nSPS) is 10.7. The number of carbonyl (C=O) groups is 1. The number of amides is 1. The molecule has 0 saturated carbocycles. The van der Waals surface area contributed by atoms with Crippen molar-refractivity contribution >= 4 is 16.9 Å². The monoisotopic (exact) mass is 305 g/mol. The van der Waals surface area contributed by atoms with Gasteiger partial charge < -0.3 is 5.32 Å². The van der Waals surface area contributed by atoms with E-state index in [1.807, 2.05) is 18.2 Å². The van der Waals surface area contributed by atoms with E-state index in [4.69, 9.17) is 0 Å². The van der Waals surface area contributed by atoms with Crippen LogP contribution in [0.2, 0.25) is 0 Å². The van der Waals surface area contributed by atoms with E-state index in [0.717, 1.165) is 29.4 Å². The fraction of sp³-hybridized carbons (Fsp3) is 0.211. The van der Waals surface area contributed by atoms with Gasteiger partial charge in [0.05, 0.1) is 11.0 Å². The first-order valence-electron chi connectivity index (χ1n) is 7.84. The highest BCUT2D eigenvalue weighted by Crippen LogP contribution is 2.10. The maximum absolute atomic E-state index is 12.2. The molecule has 2 aromatic heterocycles. The number of aryl methyl sites for hydroxylation is 1. The molecule has 0 aliphatic heterocycles. The lowest BCUT2D eigenvalue weighted by atomic mass is 10.1. The number of nitrogens with zero attached hydrogens (tertiary/aromatic N) is 2. The molecule has 1 aromatic carbocycles. The van der Waals surface area contributed by atoms with Gasteiger partial charge in [0.25, 0.3) is 5.91 Å². The van der Waals surface area contributed by atoms with Gasteiger partial charge in [-0.25, -0.2) is 4.98 Å². The fourth-order valence-electron chi connectivity index (χ4n) is 2.47. The van der Waals surface area contributed by atoms with Crippen LogP contribution in [0.4, 0.5) is 0 Å². The Hall–Kier alpha value is -2.75. The van der Waals surface area contributed by atoms with Crippen LogP contribution < -0.4 is 5.32 Å². The van der Waals surface area contributed by atoms with E-state index in [2.05, 4.69) is 46.5 Å². The smallest absolute Gasteiger partial charge is 0.270 e. The van der Waals surface area contributed by atoms with Crippen molar-refractivity contribution in [3.8, 4) is 0 Å². The summed E-state index contributed by atoms with van der Waals surface area (Å²) in [5.74, 6) is -0.173. The minimum absolute atomic E-state index is 0.173. The quantitative estimate of drug-likeness (QED) is 0.785. The summed E-state index contributed by atoms with van der Waals surface area (Å²) < 4.78 is 0. The standard InChI is InChI=1S/C19H19N3O/c1-2-4-14-6-8-15(9-7-14)13-21-19(23)18-11-10-16-17(22-18)5-3-12-20-16/h3,5-12H,2,4,13H2,1H3,(H,21,23). The van der Waals surface area contributed by atoms with E-state index in [-0.39, 0.29) is 5.91 Å². The number of carbonyl (C=O) groups excluding carboxylic acids is 1. The minimum atomic E-state index is -0.173. The van der Waals surface area contributed by atoms with Crippen molar-refractivity contribution in [2.45, 2.75) is 26.3 Å². The molecule has 1 N–H and O–H groups in total. The highest BCUT2D eigenvalue weighted by molar-refractivity contribution is 5.94. The maximum atomic E-state index is 12.2. The van der Waals surface area contributed by atoms with Crippen molar-refractivity contribution in [3.05, 3.63) is 71.5 Å².